The molecule has 0 aliphatic heterocycles. The molecule has 0 aliphatic rings. The minimum Gasteiger partial charge on any atom is -0.477 e. The monoisotopic (exact) mass is 410 g/mol. The maximum atomic E-state index is 6.09. The lowest BCUT2D eigenvalue weighted by Crippen LogP contribution is -2.23. The minimum absolute atomic E-state index is 0.238. The second-order valence-electron chi connectivity index (χ2n) is 7.43. The van der Waals surface area contributed by atoms with Gasteiger partial charge in [-0.05, 0) is 31.0 Å². The zero-order chi connectivity index (χ0) is 21.8. The SMILES string of the molecule is CCOc1ncccc1-c1cc(NC/C(N)=C/N(C)N)c2c(C(C)C)nn(C)c2n1. The molecule has 5 N–H and O–H groups in total. The molecule has 9 nitrogen and oxygen atoms in total. The molecule has 0 atom stereocenters. The minimum atomic E-state index is 0.238. The fourth-order valence-electron chi connectivity index (χ4n) is 3.30. The van der Waals surface area contributed by atoms with Gasteiger partial charge in [0.25, 0.3) is 0 Å². The molecule has 0 bridgehead atoms. The Bertz CT molecular complexity index is 1050. The van der Waals surface area contributed by atoms with Crippen LogP contribution in [0.25, 0.3) is 22.3 Å². The molecule has 0 saturated carbocycles. The van der Waals surface area contributed by atoms with Gasteiger partial charge in [-0.15, -0.1) is 0 Å². The molecule has 0 spiro atoms. The number of aryl methyl sites for hydroxylation is 1. The molecule has 160 valence electrons. The average molecular weight is 411 g/mol. The second kappa shape index (κ2) is 9.00. The Balaban J connectivity index is 2.16. The summed E-state index contributed by atoms with van der Waals surface area (Å²) in [5.41, 5.74) is 10.9. The van der Waals surface area contributed by atoms with Gasteiger partial charge in [-0.2, -0.15) is 5.10 Å². The van der Waals surface area contributed by atoms with Gasteiger partial charge in [0.1, 0.15) is 0 Å². The van der Waals surface area contributed by atoms with Crippen LogP contribution in [0, 0.1) is 0 Å². The van der Waals surface area contributed by atoms with Crippen molar-refractivity contribution in [2.75, 3.05) is 25.5 Å². The highest BCUT2D eigenvalue weighted by atomic mass is 16.5. The number of fused-ring (bicyclic) bond motifs is 1. The fraction of sp³-hybridized carbons (Fsp3) is 0.381. The van der Waals surface area contributed by atoms with Crippen LogP contribution in [0.15, 0.2) is 36.3 Å². The second-order valence-corrected chi connectivity index (χ2v) is 7.43. The van der Waals surface area contributed by atoms with Crippen LogP contribution in [0.4, 0.5) is 5.69 Å². The van der Waals surface area contributed by atoms with E-state index >= 15 is 0 Å². The van der Waals surface area contributed by atoms with Gasteiger partial charge in [0.05, 0.1) is 35.5 Å². The van der Waals surface area contributed by atoms with Crippen molar-refractivity contribution < 1.29 is 4.74 Å². The lowest BCUT2D eigenvalue weighted by atomic mass is 10.0. The van der Waals surface area contributed by atoms with Gasteiger partial charge in [-0.3, -0.25) is 4.68 Å². The van der Waals surface area contributed by atoms with E-state index < -0.39 is 0 Å². The lowest BCUT2D eigenvalue weighted by Gasteiger charge is -2.14. The maximum absolute atomic E-state index is 6.09. The summed E-state index contributed by atoms with van der Waals surface area (Å²) in [5, 5.41) is 10.6. The predicted octanol–water partition coefficient (Wildman–Crippen LogP) is 2.57. The molecule has 0 radical (unpaired) electrons. The number of hydrazine groups is 1. The van der Waals surface area contributed by atoms with E-state index in [1.54, 1.807) is 19.4 Å². The number of hydrogen-bond donors (Lipinski definition) is 3. The van der Waals surface area contributed by atoms with Crippen molar-refractivity contribution in [3.8, 4) is 17.1 Å². The first kappa shape index (κ1) is 21.4. The summed E-state index contributed by atoms with van der Waals surface area (Å²) in [5.74, 6) is 6.46. The quantitative estimate of drug-likeness (QED) is 0.383. The third-order valence-corrected chi connectivity index (χ3v) is 4.55. The summed E-state index contributed by atoms with van der Waals surface area (Å²) >= 11 is 0. The van der Waals surface area contributed by atoms with Crippen molar-refractivity contribution in [1.29, 1.82) is 0 Å². The smallest absolute Gasteiger partial charge is 0.222 e. The van der Waals surface area contributed by atoms with E-state index in [1.807, 2.05) is 36.9 Å². The predicted molar refractivity (Wildman–Crippen MR) is 120 cm³/mol. The Hall–Kier alpha value is -3.33. The average Bonchev–Trinajstić information content (AvgIpc) is 3.03. The molecule has 0 fully saturated rings. The Morgan fingerprint density at radius 2 is 2.17 bits per heavy atom. The van der Waals surface area contributed by atoms with Crippen molar-refractivity contribution in [3.63, 3.8) is 0 Å². The first-order valence-corrected chi connectivity index (χ1v) is 9.95. The lowest BCUT2D eigenvalue weighted by molar-refractivity contribution is 0.328. The Labute approximate surface area is 176 Å². The molecule has 0 saturated heterocycles. The number of hydrogen-bond acceptors (Lipinski definition) is 8. The van der Waals surface area contributed by atoms with E-state index in [-0.39, 0.29) is 5.92 Å². The van der Waals surface area contributed by atoms with Crippen LogP contribution >= 0.6 is 0 Å². The van der Waals surface area contributed by atoms with Crippen LogP contribution < -0.4 is 21.6 Å². The summed E-state index contributed by atoms with van der Waals surface area (Å²) in [6, 6.07) is 5.82. The van der Waals surface area contributed by atoms with Crippen molar-refractivity contribution in [3.05, 3.63) is 42.0 Å². The number of pyridine rings is 2. The Morgan fingerprint density at radius 1 is 1.40 bits per heavy atom. The molecule has 3 rings (SSSR count). The van der Waals surface area contributed by atoms with E-state index in [9.17, 15) is 0 Å². The molecule has 3 aromatic heterocycles. The molecule has 3 aromatic rings. The van der Waals surface area contributed by atoms with E-state index in [0.29, 0.717) is 24.7 Å². The van der Waals surface area contributed by atoms with Crippen LogP contribution in [0.1, 0.15) is 32.4 Å². The summed E-state index contributed by atoms with van der Waals surface area (Å²) in [6.07, 6.45) is 3.38. The third-order valence-electron chi connectivity index (χ3n) is 4.55. The molecule has 30 heavy (non-hydrogen) atoms. The van der Waals surface area contributed by atoms with Crippen LogP contribution in [0.5, 0.6) is 5.88 Å². The van der Waals surface area contributed by atoms with Gasteiger partial charge in [-0.1, -0.05) is 13.8 Å². The van der Waals surface area contributed by atoms with Gasteiger partial charge in [0.2, 0.25) is 5.88 Å². The van der Waals surface area contributed by atoms with Crippen LogP contribution in [-0.4, -0.2) is 45.0 Å². The number of nitrogens with one attached hydrogen (secondary N) is 1. The number of nitrogens with two attached hydrogens (primary N) is 2. The number of nitrogens with zero attached hydrogens (tertiary/aromatic N) is 5. The van der Waals surface area contributed by atoms with Crippen molar-refractivity contribution >= 4 is 16.7 Å². The largest absolute Gasteiger partial charge is 0.477 e. The van der Waals surface area contributed by atoms with E-state index in [1.165, 1.54) is 5.01 Å². The van der Waals surface area contributed by atoms with Gasteiger partial charge >= 0.3 is 0 Å². The van der Waals surface area contributed by atoms with Gasteiger partial charge in [0, 0.05) is 37.9 Å². The van der Waals surface area contributed by atoms with Gasteiger partial charge in [0.15, 0.2) is 5.65 Å². The summed E-state index contributed by atoms with van der Waals surface area (Å²) < 4.78 is 7.52. The first-order chi connectivity index (χ1) is 14.3. The van der Waals surface area contributed by atoms with Crippen LogP contribution in [0.2, 0.25) is 0 Å². The fourth-order valence-corrected chi connectivity index (χ4v) is 3.30. The molecule has 9 heteroatoms. The molecule has 0 amide bonds. The highest BCUT2D eigenvalue weighted by molar-refractivity contribution is 5.95. The van der Waals surface area contributed by atoms with Gasteiger partial charge in [-0.25, -0.2) is 15.8 Å². The van der Waals surface area contributed by atoms with Crippen LogP contribution in [-0.2, 0) is 7.05 Å². The van der Waals surface area contributed by atoms with Crippen molar-refractivity contribution in [1.82, 2.24) is 24.8 Å². The Kier molecular flexibility index (Phi) is 6.41. The summed E-state index contributed by atoms with van der Waals surface area (Å²) in [6.45, 7) is 7.12. The van der Waals surface area contributed by atoms with E-state index in [0.717, 1.165) is 33.7 Å². The van der Waals surface area contributed by atoms with E-state index in [2.05, 4.69) is 24.1 Å². The maximum Gasteiger partial charge on any atom is 0.222 e. The first-order valence-electron chi connectivity index (χ1n) is 9.95. The van der Waals surface area contributed by atoms with Gasteiger partial charge < -0.3 is 20.8 Å². The number of aromatic nitrogens is 4. The zero-order valence-electron chi connectivity index (χ0n) is 18.2. The number of rotatable bonds is 8. The Morgan fingerprint density at radius 3 is 2.83 bits per heavy atom. The molecular weight excluding hydrogens is 380 g/mol. The molecule has 0 aliphatic carbocycles. The normalized spacial score (nSPS) is 11.9. The van der Waals surface area contributed by atoms with Crippen molar-refractivity contribution in [2.45, 2.75) is 26.7 Å². The van der Waals surface area contributed by atoms with E-state index in [4.69, 9.17) is 26.4 Å². The third kappa shape index (κ3) is 4.46. The molecule has 3 heterocycles. The standard InChI is InChI=1S/C21H30N8O/c1-6-30-21-15(8-7-9-24-21)16-10-17(25-11-14(22)12-28(4)23)18-19(13(2)3)27-29(5)20(18)26-16/h7-10,12-13H,6,11,22-23H2,1-5H3,(H,25,26)/b14-12-. The topological polar surface area (TPSA) is 120 Å². The van der Waals surface area contributed by atoms with Crippen molar-refractivity contribution in [2.24, 2.45) is 18.6 Å². The molecule has 0 unspecified atom stereocenters. The zero-order valence-corrected chi connectivity index (χ0v) is 18.2. The molecule has 0 aromatic carbocycles. The highest BCUT2D eigenvalue weighted by Gasteiger charge is 2.20. The highest BCUT2D eigenvalue weighted by Crippen LogP contribution is 2.35. The summed E-state index contributed by atoms with van der Waals surface area (Å²) in [7, 11) is 3.63. The number of ether oxygens (including phenoxy) is 1. The van der Waals surface area contributed by atoms with Crippen LogP contribution in [0.3, 0.4) is 0 Å². The summed E-state index contributed by atoms with van der Waals surface area (Å²) in [4.78, 5) is 9.26. The number of anilines is 1. The molecular formula is C21H30N8O.